The zero-order chi connectivity index (χ0) is 24.5. The van der Waals surface area contributed by atoms with Gasteiger partial charge in [-0.25, -0.2) is 5.43 Å². The van der Waals surface area contributed by atoms with Crippen molar-refractivity contribution in [3.63, 3.8) is 0 Å². The standard InChI is InChI=1S/C29H25ClN2O3/c1-21-6-8-22(9-7-21)20-35-28-5-3-2-4-25(28)18-31-32-29(33)24-12-16-27(17-13-24)34-19-23-10-14-26(30)15-11-23/h2-18H,19-20H2,1H3,(H,32,33). The lowest BCUT2D eigenvalue weighted by atomic mass is 10.1. The first-order valence-corrected chi connectivity index (χ1v) is 11.5. The molecule has 0 aliphatic carbocycles. The number of amides is 1. The summed E-state index contributed by atoms with van der Waals surface area (Å²) in [6.45, 7) is 2.91. The van der Waals surface area contributed by atoms with E-state index in [1.807, 2.05) is 60.7 Å². The largest absolute Gasteiger partial charge is 0.489 e. The van der Waals surface area contributed by atoms with Crippen molar-refractivity contribution in [3.8, 4) is 11.5 Å². The minimum atomic E-state index is -0.316. The van der Waals surface area contributed by atoms with Gasteiger partial charge in [-0.05, 0) is 66.6 Å². The molecule has 5 nitrogen and oxygen atoms in total. The van der Waals surface area contributed by atoms with Crippen LogP contribution >= 0.6 is 11.6 Å². The number of nitrogens with zero attached hydrogens (tertiary/aromatic N) is 1. The summed E-state index contributed by atoms with van der Waals surface area (Å²) in [5.74, 6) is 1.04. The van der Waals surface area contributed by atoms with Gasteiger partial charge < -0.3 is 9.47 Å². The number of benzene rings is 4. The van der Waals surface area contributed by atoms with Crippen molar-refractivity contribution in [2.45, 2.75) is 20.1 Å². The first-order valence-electron chi connectivity index (χ1n) is 11.1. The van der Waals surface area contributed by atoms with Crippen LogP contribution in [0.25, 0.3) is 0 Å². The highest BCUT2D eigenvalue weighted by Gasteiger charge is 2.06. The van der Waals surface area contributed by atoms with Crippen LogP contribution in [-0.4, -0.2) is 12.1 Å². The number of carbonyl (C=O) groups excluding carboxylic acids is 1. The van der Waals surface area contributed by atoms with Gasteiger partial charge in [-0.2, -0.15) is 5.10 Å². The quantitative estimate of drug-likeness (QED) is 0.216. The summed E-state index contributed by atoms with van der Waals surface area (Å²) in [5, 5.41) is 4.79. The second-order valence-corrected chi connectivity index (χ2v) is 8.39. The third-order valence-electron chi connectivity index (χ3n) is 5.24. The number of hydrazone groups is 1. The van der Waals surface area contributed by atoms with Crippen LogP contribution in [0.15, 0.2) is 102 Å². The Balaban J connectivity index is 1.30. The molecule has 6 heteroatoms. The fraction of sp³-hybridized carbons (Fsp3) is 0.103. The van der Waals surface area contributed by atoms with Crippen LogP contribution in [0.3, 0.4) is 0 Å². The number of aryl methyl sites for hydroxylation is 1. The lowest BCUT2D eigenvalue weighted by Gasteiger charge is -2.09. The summed E-state index contributed by atoms with van der Waals surface area (Å²) in [4.78, 5) is 12.5. The number of rotatable bonds is 9. The number of hydrogen-bond acceptors (Lipinski definition) is 4. The summed E-state index contributed by atoms with van der Waals surface area (Å²) >= 11 is 5.90. The van der Waals surface area contributed by atoms with Crippen molar-refractivity contribution in [3.05, 3.63) is 130 Å². The molecule has 0 aliphatic heterocycles. The summed E-state index contributed by atoms with van der Waals surface area (Å²) < 4.78 is 11.7. The zero-order valence-electron chi connectivity index (χ0n) is 19.3. The van der Waals surface area contributed by atoms with Crippen molar-refractivity contribution in [1.29, 1.82) is 0 Å². The molecule has 4 rings (SSSR count). The molecule has 1 amide bonds. The second kappa shape index (κ2) is 11.9. The normalized spacial score (nSPS) is 10.8. The topological polar surface area (TPSA) is 59.9 Å². The molecule has 1 N–H and O–H groups in total. The molecule has 0 spiro atoms. The molecule has 0 unspecified atom stereocenters. The van der Waals surface area contributed by atoms with E-state index in [4.69, 9.17) is 21.1 Å². The Morgan fingerprint density at radius 1 is 0.829 bits per heavy atom. The Bertz CT molecular complexity index is 1290. The van der Waals surface area contributed by atoms with Crippen LogP contribution in [0.5, 0.6) is 11.5 Å². The number of carbonyl (C=O) groups is 1. The molecule has 176 valence electrons. The first kappa shape index (κ1) is 24.0. The summed E-state index contributed by atoms with van der Waals surface area (Å²) in [6.07, 6.45) is 1.58. The third kappa shape index (κ3) is 7.19. The van der Waals surface area contributed by atoms with Crippen LogP contribution in [0, 0.1) is 6.92 Å². The fourth-order valence-electron chi connectivity index (χ4n) is 3.24. The van der Waals surface area contributed by atoms with Gasteiger partial charge in [-0.3, -0.25) is 4.79 Å². The number of hydrogen-bond donors (Lipinski definition) is 1. The van der Waals surface area contributed by atoms with Crippen molar-refractivity contribution >= 4 is 23.7 Å². The average molecular weight is 485 g/mol. The Kier molecular flexibility index (Phi) is 8.15. The first-order chi connectivity index (χ1) is 17.1. The van der Waals surface area contributed by atoms with E-state index >= 15 is 0 Å². The van der Waals surface area contributed by atoms with Crippen molar-refractivity contribution in [2.24, 2.45) is 5.10 Å². The van der Waals surface area contributed by atoms with E-state index in [9.17, 15) is 4.79 Å². The average Bonchev–Trinajstić information content (AvgIpc) is 2.89. The van der Waals surface area contributed by atoms with Crippen molar-refractivity contribution in [1.82, 2.24) is 5.43 Å². The van der Waals surface area contributed by atoms with Gasteiger partial charge in [0.05, 0.1) is 6.21 Å². The van der Waals surface area contributed by atoms with Gasteiger partial charge in [-0.1, -0.05) is 65.7 Å². The van der Waals surface area contributed by atoms with Crippen LogP contribution in [0.4, 0.5) is 0 Å². The van der Waals surface area contributed by atoms with E-state index in [-0.39, 0.29) is 5.91 Å². The second-order valence-electron chi connectivity index (χ2n) is 7.95. The van der Waals surface area contributed by atoms with Crippen LogP contribution < -0.4 is 14.9 Å². The molecule has 35 heavy (non-hydrogen) atoms. The maximum absolute atomic E-state index is 12.5. The maximum Gasteiger partial charge on any atom is 0.271 e. The molecular weight excluding hydrogens is 460 g/mol. The Morgan fingerprint density at radius 2 is 1.46 bits per heavy atom. The lowest BCUT2D eigenvalue weighted by Crippen LogP contribution is -2.17. The van der Waals surface area contributed by atoms with Gasteiger partial charge in [0.1, 0.15) is 24.7 Å². The molecule has 0 atom stereocenters. The summed E-state index contributed by atoms with van der Waals surface area (Å²) in [5.41, 5.74) is 7.10. The van der Waals surface area contributed by atoms with E-state index in [1.165, 1.54) is 5.56 Å². The highest BCUT2D eigenvalue weighted by molar-refractivity contribution is 6.30. The van der Waals surface area contributed by atoms with E-state index in [0.717, 1.165) is 16.7 Å². The molecule has 0 aromatic heterocycles. The molecule has 0 radical (unpaired) electrons. The lowest BCUT2D eigenvalue weighted by molar-refractivity contribution is 0.0955. The maximum atomic E-state index is 12.5. The molecule has 0 saturated heterocycles. The molecule has 4 aromatic carbocycles. The van der Waals surface area contributed by atoms with E-state index < -0.39 is 0 Å². The Labute approximate surface area is 210 Å². The van der Waals surface area contributed by atoms with Crippen molar-refractivity contribution in [2.75, 3.05) is 0 Å². The molecule has 0 saturated carbocycles. The Morgan fingerprint density at radius 3 is 2.17 bits per heavy atom. The minimum absolute atomic E-state index is 0.316. The molecule has 4 aromatic rings. The number of para-hydroxylation sites is 1. The molecule has 0 aliphatic rings. The molecular formula is C29H25ClN2O3. The van der Waals surface area contributed by atoms with Gasteiger partial charge >= 0.3 is 0 Å². The predicted molar refractivity (Wildman–Crippen MR) is 139 cm³/mol. The highest BCUT2D eigenvalue weighted by Crippen LogP contribution is 2.18. The van der Waals surface area contributed by atoms with Crippen LogP contribution in [0.2, 0.25) is 5.02 Å². The molecule has 0 bridgehead atoms. The third-order valence-corrected chi connectivity index (χ3v) is 5.49. The Hall–Kier alpha value is -4.09. The predicted octanol–water partition coefficient (Wildman–Crippen LogP) is 6.57. The fourth-order valence-corrected chi connectivity index (χ4v) is 3.36. The monoisotopic (exact) mass is 484 g/mol. The molecule has 0 fully saturated rings. The zero-order valence-corrected chi connectivity index (χ0v) is 20.0. The van der Waals surface area contributed by atoms with E-state index in [1.54, 1.807) is 30.5 Å². The number of halogens is 1. The van der Waals surface area contributed by atoms with E-state index in [0.29, 0.717) is 35.3 Å². The summed E-state index contributed by atoms with van der Waals surface area (Å²) in [7, 11) is 0. The number of nitrogens with one attached hydrogen (secondary N) is 1. The summed E-state index contributed by atoms with van der Waals surface area (Å²) in [6, 6.07) is 30.1. The van der Waals surface area contributed by atoms with Crippen LogP contribution in [0.1, 0.15) is 32.6 Å². The van der Waals surface area contributed by atoms with Crippen molar-refractivity contribution < 1.29 is 14.3 Å². The number of ether oxygens (including phenoxy) is 2. The SMILES string of the molecule is Cc1ccc(COc2ccccc2C=NNC(=O)c2ccc(OCc3ccc(Cl)cc3)cc2)cc1. The van der Waals surface area contributed by atoms with E-state index in [2.05, 4.69) is 29.6 Å². The minimum Gasteiger partial charge on any atom is -0.489 e. The van der Waals surface area contributed by atoms with Gasteiger partial charge in [0.25, 0.3) is 5.91 Å². The van der Waals surface area contributed by atoms with Crippen LogP contribution in [-0.2, 0) is 13.2 Å². The highest BCUT2D eigenvalue weighted by atomic mass is 35.5. The van der Waals surface area contributed by atoms with Gasteiger partial charge in [0.2, 0.25) is 0 Å². The van der Waals surface area contributed by atoms with Gasteiger partial charge in [0.15, 0.2) is 0 Å². The smallest absolute Gasteiger partial charge is 0.271 e. The molecule has 0 heterocycles. The van der Waals surface area contributed by atoms with Gasteiger partial charge in [0, 0.05) is 16.1 Å². The van der Waals surface area contributed by atoms with Gasteiger partial charge in [-0.15, -0.1) is 0 Å².